The Morgan fingerprint density at radius 3 is 0.581 bits per heavy atom. The molecule has 14 saturated heterocycles. The Hall–Kier alpha value is -9.61. The van der Waals surface area contributed by atoms with Crippen LogP contribution in [0.4, 0.5) is 0 Å². The zero-order valence-corrected chi connectivity index (χ0v) is 76.0. The third kappa shape index (κ3) is 36.3. The zero-order chi connectivity index (χ0) is 99.6. The number of carboxylic acids is 4. The maximum Gasteiger partial charge on any atom is 0.306 e. The summed E-state index contributed by atoms with van der Waals surface area (Å²) in [4.78, 5) is 167. The maximum absolute atomic E-state index is 11.8. The van der Waals surface area contributed by atoms with Crippen LogP contribution in [0.25, 0.3) is 0 Å². The number of carbonyl (C=O) groups excluding carboxylic acids is 11. The molecule has 14 fully saturated rings. The van der Waals surface area contributed by atoms with Gasteiger partial charge in [-0.25, -0.2) is 0 Å². The second kappa shape index (κ2) is 55.8. The van der Waals surface area contributed by atoms with Gasteiger partial charge in [-0.05, 0) is 33.1 Å². The van der Waals surface area contributed by atoms with Crippen LogP contribution >= 0.6 is 0 Å². The molecule has 14 aliphatic rings. The summed E-state index contributed by atoms with van der Waals surface area (Å²) in [7, 11) is 0. The molecule has 0 saturated carbocycles. The summed E-state index contributed by atoms with van der Waals surface area (Å²) in [6, 6.07) is 0. The van der Waals surface area contributed by atoms with Crippen LogP contribution in [0.15, 0.2) is 37.0 Å². The Bertz CT molecular complexity index is 3700. The zero-order valence-electron chi connectivity index (χ0n) is 76.0. The number of hydrogen-bond donors (Lipinski definition) is 10. The number of Topliss-reactive ketones (excluding diaryl/α,β-unsaturated/α-hetero) is 2. The predicted molar refractivity (Wildman–Crippen MR) is 446 cm³/mol. The molecule has 14 rings (SSSR count). The van der Waals surface area contributed by atoms with Gasteiger partial charge in [0.25, 0.3) is 0 Å². The fourth-order valence-electron chi connectivity index (χ4n) is 16.2. The number of ketones is 2. The molecular formula is C88H126O48. The number of rotatable bonds is 39. The van der Waals surface area contributed by atoms with Crippen LogP contribution in [0.2, 0.25) is 0 Å². The number of esters is 9. The summed E-state index contributed by atoms with van der Waals surface area (Å²) in [6.45, 7) is 20.6. The van der Waals surface area contributed by atoms with E-state index in [9.17, 15) is 87.2 Å². The van der Waals surface area contributed by atoms with Gasteiger partial charge in [0, 0.05) is 69.6 Å². The van der Waals surface area contributed by atoms with E-state index in [1.54, 1.807) is 0 Å². The number of ether oxygens (including phenoxy) is 23. The number of allylic oxidation sites excluding steroid dienone is 3. The highest BCUT2D eigenvalue weighted by Gasteiger charge is 2.56. The molecule has 0 unspecified atom stereocenters. The van der Waals surface area contributed by atoms with Crippen molar-refractivity contribution in [3.8, 4) is 0 Å². The van der Waals surface area contributed by atoms with Crippen molar-refractivity contribution < 1.29 is 232 Å². The van der Waals surface area contributed by atoms with Crippen molar-refractivity contribution in [1.82, 2.24) is 0 Å². The van der Waals surface area contributed by atoms with Crippen molar-refractivity contribution in [1.29, 1.82) is 0 Å². The molecule has 0 aromatic rings. The summed E-state index contributed by atoms with van der Waals surface area (Å²) in [5.74, 6) is -7.85. The van der Waals surface area contributed by atoms with Gasteiger partial charge in [0.2, 0.25) is 0 Å². The number of hydrogen-bond acceptors (Lipinski definition) is 44. The number of aliphatic hydroxyl groups is 6. The van der Waals surface area contributed by atoms with Gasteiger partial charge in [0.05, 0.1) is 180 Å². The first kappa shape index (κ1) is 112. The van der Waals surface area contributed by atoms with Crippen molar-refractivity contribution >= 4 is 89.2 Å². The summed E-state index contributed by atoms with van der Waals surface area (Å²) >= 11 is 0. The minimum atomic E-state index is -1.08. The molecule has 0 aromatic carbocycles. The molecule has 10 N–H and O–H groups in total. The molecular weight excluding hydrogens is 1820 g/mol. The molecule has 0 aliphatic carbocycles. The van der Waals surface area contributed by atoms with E-state index in [-0.39, 0.29) is 259 Å². The van der Waals surface area contributed by atoms with Gasteiger partial charge in [-0.3, -0.25) is 62.3 Å². The van der Waals surface area contributed by atoms with Gasteiger partial charge in [-0.1, -0.05) is 33.6 Å². The minimum absolute atomic E-state index is 0.00315. The quantitative estimate of drug-likeness (QED) is 0.0233. The van der Waals surface area contributed by atoms with Crippen molar-refractivity contribution in [2.45, 2.75) is 321 Å². The summed E-state index contributed by atoms with van der Waals surface area (Å²) in [5.41, 5.74) is 0. The first-order valence-corrected chi connectivity index (χ1v) is 45.0. The standard InChI is InChI=1S/C17H24O9.C15H20O9.C12H18O6.4C11H16O6/c1-10(18)4-2-6-14(21)25-11-8-23-17-12(9-24-16(11)17)26-15(22)7-3-5-13(19)20;1-8(16)2-4-12(19)23-9-6-21-15-10(7-22-14(9)15)24-13(20)5-3-11(17)18;1-7(13)3-2-4-10(15)18-9-6-17-11-8(14)5-16-12(9)11;2*1-6-4-15-11-7(5-16-10(6)11)17-9(14)3-2-8(12)13;2*1-6(12)2-3-9(14)17-8-5-16-10-7(13)4-15-11(8)10/h11-12,16-17H,2-9H2,1H3,(H,19,20);9-10,14-16H,1-7H2,(H,17,18);8-9,11-12,14H,2-6H2,1H3;2*6-7,10-11H,2-5H2,1H3,(H,12,13);2*7-8,10-13H,1-5H2/t11-,12+,16+,17+;9-,10-,14+,15+;8-,9+,11-,12-;6-,7-,10+,11+;6-,7-,10-,11-;7-,8-,10+,11+;7-,8-,10-,11-/m0010101/s1. The molecule has 14 heterocycles. The number of aliphatic carboxylic acids is 4. The third-order valence-corrected chi connectivity index (χ3v) is 23.0. The number of fused-ring (bicyclic) bond motifs is 7. The molecule has 48 heteroatoms. The second-order valence-electron chi connectivity index (χ2n) is 34.3. The van der Waals surface area contributed by atoms with Crippen LogP contribution in [0, 0.1) is 11.8 Å². The molecule has 0 amide bonds. The maximum atomic E-state index is 11.8. The van der Waals surface area contributed by atoms with E-state index in [1.165, 1.54) is 13.8 Å². The first-order valence-electron chi connectivity index (χ1n) is 45.0. The van der Waals surface area contributed by atoms with Crippen LogP contribution in [-0.2, 0) is 181 Å². The molecule has 14 aliphatic heterocycles. The Labute approximate surface area is 780 Å². The topological polar surface area (TPSA) is 671 Å². The smallest absolute Gasteiger partial charge is 0.306 e. The first-order chi connectivity index (χ1) is 64.6. The lowest BCUT2D eigenvalue weighted by atomic mass is 10.0. The number of carbonyl (C=O) groups is 15. The SMILES string of the molecule is C=C(O)CCC(=O)O[C@@H]1CO[C@H]2[C@@H]1OC[C@H]2O.C=C(O)CCC(=O)O[C@H]1CO[C@H]2[C@@H]1OC[C@@H]2O.C=C(O)CCC(=O)O[C@H]1CO[C@H]2[C@@H]1OC[C@@H]2OC(=O)CCC(=O)O.CC(=O)CCCC(=O)O[C@H]1CO[C@H]2[C@@H]1OC[C@H]2O.CC(=O)CCCC(=O)O[C@H]1CO[C@H]2[C@@H]1OC[C@H]2OC(=O)CCCC(=O)O.C[C@@H]1CO[C@H]2[C@@H]1OC[C@H]2OC(=O)CCC(=O)O.C[C@H]1CO[C@H]2[C@@H]1OC[C@@H]2OC(=O)CCC(=O)O. The average molecular weight is 1950 g/mol. The summed E-state index contributed by atoms with van der Waals surface area (Å²) in [6.07, 6.45) is -9.81. The third-order valence-electron chi connectivity index (χ3n) is 23.0. The van der Waals surface area contributed by atoms with E-state index < -0.39 is 182 Å². The Kier molecular flexibility index (Phi) is 45.9. The minimum Gasteiger partial charge on any atom is -0.513 e. The van der Waals surface area contributed by atoms with Gasteiger partial charge < -0.3 is 170 Å². The molecule has 48 nitrogen and oxygen atoms in total. The van der Waals surface area contributed by atoms with Crippen molar-refractivity contribution in [2.75, 3.05) is 92.5 Å². The Balaban J connectivity index is 0.000000196. The van der Waals surface area contributed by atoms with Gasteiger partial charge >= 0.3 is 77.6 Å². The van der Waals surface area contributed by atoms with E-state index in [1.807, 2.05) is 13.8 Å². The summed E-state index contributed by atoms with van der Waals surface area (Å²) in [5, 5.41) is 89.2. The molecule has 766 valence electrons. The van der Waals surface area contributed by atoms with Gasteiger partial charge in [-0.15, -0.1) is 0 Å². The lowest BCUT2D eigenvalue weighted by molar-refractivity contribution is -0.157. The highest BCUT2D eigenvalue weighted by molar-refractivity contribution is 5.80. The fraction of sp³-hybridized carbons (Fsp3) is 0.761. The molecule has 0 spiro atoms. The monoisotopic (exact) mass is 1950 g/mol. The lowest BCUT2D eigenvalue weighted by Crippen LogP contribution is -2.36. The van der Waals surface area contributed by atoms with Crippen molar-refractivity contribution in [2.24, 2.45) is 11.8 Å². The van der Waals surface area contributed by atoms with Crippen LogP contribution in [0.3, 0.4) is 0 Å². The number of carboxylic acid groups (broad SMARTS) is 4. The molecule has 136 heavy (non-hydrogen) atoms. The van der Waals surface area contributed by atoms with Crippen LogP contribution in [0.5, 0.6) is 0 Å². The van der Waals surface area contributed by atoms with E-state index in [4.69, 9.17) is 145 Å². The van der Waals surface area contributed by atoms with E-state index in [2.05, 4.69) is 19.7 Å². The predicted octanol–water partition coefficient (Wildman–Crippen LogP) is 0.973. The molecule has 28 atom stereocenters. The number of aliphatic hydroxyl groups excluding tert-OH is 6. The van der Waals surface area contributed by atoms with Crippen molar-refractivity contribution in [3.63, 3.8) is 0 Å². The van der Waals surface area contributed by atoms with Crippen LogP contribution in [-0.4, -0.2) is 391 Å². The largest absolute Gasteiger partial charge is 0.513 e. The van der Waals surface area contributed by atoms with E-state index in [0.717, 1.165) is 0 Å². The fourth-order valence-corrected chi connectivity index (χ4v) is 16.2. The lowest BCUT2D eigenvalue weighted by Gasteiger charge is -2.17. The molecule has 0 radical (unpaired) electrons. The highest BCUT2D eigenvalue weighted by atomic mass is 16.7. The Morgan fingerprint density at radius 1 is 0.213 bits per heavy atom. The van der Waals surface area contributed by atoms with E-state index >= 15 is 0 Å². The molecule has 0 bridgehead atoms. The van der Waals surface area contributed by atoms with Gasteiger partial charge in [0.15, 0.2) is 54.9 Å². The van der Waals surface area contributed by atoms with Gasteiger partial charge in [-0.2, -0.15) is 0 Å². The van der Waals surface area contributed by atoms with Crippen LogP contribution < -0.4 is 0 Å². The second-order valence-corrected chi connectivity index (χ2v) is 34.3. The summed E-state index contributed by atoms with van der Waals surface area (Å²) < 4.78 is 123. The average Bonchev–Trinajstić information content (AvgIpc) is 1.65. The highest BCUT2D eigenvalue weighted by Crippen LogP contribution is 2.38. The van der Waals surface area contributed by atoms with Gasteiger partial charge in [0.1, 0.15) is 103 Å². The van der Waals surface area contributed by atoms with Crippen molar-refractivity contribution in [3.05, 3.63) is 37.0 Å². The molecule has 0 aromatic heterocycles. The van der Waals surface area contributed by atoms with E-state index in [0.29, 0.717) is 63.9 Å². The normalized spacial score (nSPS) is 32.5. The van der Waals surface area contributed by atoms with Crippen LogP contribution in [0.1, 0.15) is 163 Å². The Morgan fingerprint density at radius 2 is 0.375 bits per heavy atom.